The number of rotatable bonds is 0. The van der Waals surface area contributed by atoms with Crippen molar-refractivity contribution in [1.82, 2.24) is 4.90 Å². The van der Waals surface area contributed by atoms with E-state index in [9.17, 15) is 0 Å². The van der Waals surface area contributed by atoms with Gasteiger partial charge in [0.15, 0.2) is 0 Å². The van der Waals surface area contributed by atoms with Gasteiger partial charge in [-0.25, -0.2) is 0 Å². The highest BCUT2D eigenvalue weighted by atomic mass is 15.2. The predicted molar refractivity (Wildman–Crippen MR) is 39.8 cm³/mol. The Morgan fingerprint density at radius 3 is 2.67 bits per heavy atom. The standard InChI is InChI=1S/C7H14N2/c1-6-4-5-8-7(2)9(6)3/h5-7H,4H2,1-3H3. The van der Waals surface area contributed by atoms with Gasteiger partial charge in [-0.3, -0.25) is 9.89 Å². The number of nitrogens with zero attached hydrogens (tertiary/aromatic N) is 2. The summed E-state index contributed by atoms with van der Waals surface area (Å²) in [5.41, 5.74) is 0. The number of aliphatic imine (C=N–C) groups is 1. The van der Waals surface area contributed by atoms with Crippen molar-refractivity contribution in [2.45, 2.75) is 32.5 Å². The van der Waals surface area contributed by atoms with Gasteiger partial charge in [-0.15, -0.1) is 0 Å². The molecule has 1 rings (SSSR count). The summed E-state index contributed by atoms with van der Waals surface area (Å²) in [4.78, 5) is 6.54. The lowest BCUT2D eigenvalue weighted by atomic mass is 10.2. The van der Waals surface area contributed by atoms with Crippen LogP contribution in [0.3, 0.4) is 0 Å². The van der Waals surface area contributed by atoms with Crippen LogP contribution in [0.4, 0.5) is 0 Å². The molecule has 0 bridgehead atoms. The third-order valence-electron chi connectivity index (χ3n) is 2.05. The third kappa shape index (κ3) is 1.30. The van der Waals surface area contributed by atoms with Gasteiger partial charge in [0, 0.05) is 12.3 Å². The fourth-order valence-electron chi connectivity index (χ4n) is 1.01. The Bertz CT molecular complexity index is 120. The van der Waals surface area contributed by atoms with Crippen LogP contribution in [0.2, 0.25) is 0 Å². The largest absolute Gasteiger partial charge is 0.282 e. The molecule has 2 heteroatoms. The van der Waals surface area contributed by atoms with Crippen molar-refractivity contribution in [2.75, 3.05) is 7.05 Å². The smallest absolute Gasteiger partial charge is 0.0986 e. The highest BCUT2D eigenvalue weighted by Crippen LogP contribution is 2.09. The van der Waals surface area contributed by atoms with Gasteiger partial charge in [0.1, 0.15) is 0 Å². The van der Waals surface area contributed by atoms with E-state index in [1.165, 1.54) is 0 Å². The van der Waals surface area contributed by atoms with Crippen LogP contribution in [-0.2, 0) is 0 Å². The van der Waals surface area contributed by atoms with Crippen LogP contribution in [0.15, 0.2) is 4.99 Å². The molecule has 0 aliphatic carbocycles. The average molecular weight is 126 g/mol. The van der Waals surface area contributed by atoms with E-state index >= 15 is 0 Å². The Kier molecular flexibility index (Phi) is 1.86. The van der Waals surface area contributed by atoms with Gasteiger partial charge in [0.25, 0.3) is 0 Å². The second-order valence-corrected chi connectivity index (χ2v) is 2.71. The van der Waals surface area contributed by atoms with Gasteiger partial charge in [-0.1, -0.05) is 0 Å². The molecule has 0 aromatic carbocycles. The molecule has 0 spiro atoms. The average Bonchev–Trinajstić information content (AvgIpc) is 1.83. The molecular formula is C7H14N2. The van der Waals surface area contributed by atoms with Gasteiger partial charge in [0.05, 0.1) is 6.17 Å². The summed E-state index contributed by atoms with van der Waals surface area (Å²) >= 11 is 0. The molecule has 0 fully saturated rings. The highest BCUT2D eigenvalue weighted by Gasteiger charge is 2.16. The third-order valence-corrected chi connectivity index (χ3v) is 2.05. The molecule has 0 N–H and O–H groups in total. The van der Waals surface area contributed by atoms with Crippen molar-refractivity contribution >= 4 is 6.21 Å². The van der Waals surface area contributed by atoms with E-state index < -0.39 is 0 Å². The second kappa shape index (κ2) is 2.48. The molecular weight excluding hydrogens is 112 g/mol. The van der Waals surface area contributed by atoms with E-state index in [-0.39, 0.29) is 0 Å². The summed E-state index contributed by atoms with van der Waals surface area (Å²) in [5.74, 6) is 0. The molecule has 2 unspecified atom stereocenters. The van der Waals surface area contributed by atoms with Gasteiger partial charge >= 0.3 is 0 Å². The van der Waals surface area contributed by atoms with E-state index in [1.54, 1.807) is 0 Å². The molecule has 0 amide bonds. The van der Waals surface area contributed by atoms with Crippen molar-refractivity contribution in [3.05, 3.63) is 0 Å². The van der Waals surface area contributed by atoms with Crippen molar-refractivity contribution < 1.29 is 0 Å². The van der Waals surface area contributed by atoms with Crippen molar-refractivity contribution in [3.8, 4) is 0 Å². The first kappa shape index (κ1) is 6.75. The zero-order valence-corrected chi connectivity index (χ0v) is 6.33. The summed E-state index contributed by atoms with van der Waals surface area (Å²) in [5, 5.41) is 0. The van der Waals surface area contributed by atoms with Gasteiger partial charge in [-0.2, -0.15) is 0 Å². The lowest BCUT2D eigenvalue weighted by molar-refractivity contribution is 0.196. The predicted octanol–water partition coefficient (Wildman–Crippen LogP) is 1.13. The Hall–Kier alpha value is -0.370. The first-order chi connectivity index (χ1) is 4.22. The topological polar surface area (TPSA) is 15.6 Å². The fraction of sp³-hybridized carbons (Fsp3) is 0.857. The van der Waals surface area contributed by atoms with Crippen molar-refractivity contribution in [1.29, 1.82) is 0 Å². The summed E-state index contributed by atoms with van der Waals surface area (Å²) in [6, 6.07) is 0.664. The van der Waals surface area contributed by atoms with E-state index in [0.717, 1.165) is 6.42 Å². The maximum Gasteiger partial charge on any atom is 0.0986 e. The molecule has 52 valence electrons. The van der Waals surface area contributed by atoms with E-state index in [4.69, 9.17) is 0 Å². The fourth-order valence-corrected chi connectivity index (χ4v) is 1.01. The van der Waals surface area contributed by atoms with Crippen LogP contribution in [-0.4, -0.2) is 30.4 Å². The minimum absolute atomic E-state index is 0.383. The molecule has 1 aliphatic rings. The maximum atomic E-state index is 4.26. The SMILES string of the molecule is CC1CC=NC(C)N1C. The van der Waals surface area contributed by atoms with Crippen LogP contribution in [0, 0.1) is 0 Å². The normalized spacial score (nSPS) is 37.2. The molecule has 0 aromatic rings. The highest BCUT2D eigenvalue weighted by molar-refractivity contribution is 5.59. The zero-order valence-electron chi connectivity index (χ0n) is 6.33. The number of hydrogen-bond donors (Lipinski definition) is 0. The van der Waals surface area contributed by atoms with Crippen molar-refractivity contribution in [2.24, 2.45) is 4.99 Å². The lowest BCUT2D eigenvalue weighted by Crippen LogP contribution is -2.38. The van der Waals surface area contributed by atoms with Gasteiger partial charge in [-0.05, 0) is 27.3 Å². The van der Waals surface area contributed by atoms with Crippen LogP contribution < -0.4 is 0 Å². The second-order valence-electron chi connectivity index (χ2n) is 2.71. The summed E-state index contributed by atoms with van der Waals surface area (Å²) in [7, 11) is 2.12. The molecule has 2 nitrogen and oxygen atoms in total. The van der Waals surface area contributed by atoms with E-state index in [0.29, 0.717) is 12.2 Å². The van der Waals surface area contributed by atoms with Crippen LogP contribution >= 0.6 is 0 Å². The Balaban J connectivity index is 2.58. The van der Waals surface area contributed by atoms with Gasteiger partial charge < -0.3 is 0 Å². The van der Waals surface area contributed by atoms with E-state index in [1.807, 2.05) is 6.21 Å². The summed E-state index contributed by atoms with van der Waals surface area (Å²) in [6.07, 6.45) is 3.50. The Morgan fingerprint density at radius 1 is 1.56 bits per heavy atom. The minimum atomic E-state index is 0.383. The Morgan fingerprint density at radius 2 is 2.22 bits per heavy atom. The molecule has 1 heterocycles. The molecule has 0 saturated carbocycles. The molecule has 0 saturated heterocycles. The summed E-state index contributed by atoms with van der Waals surface area (Å²) < 4.78 is 0. The maximum absolute atomic E-state index is 4.26. The van der Waals surface area contributed by atoms with Crippen LogP contribution in [0.1, 0.15) is 20.3 Å². The van der Waals surface area contributed by atoms with E-state index in [2.05, 4.69) is 30.8 Å². The monoisotopic (exact) mass is 126 g/mol. The minimum Gasteiger partial charge on any atom is -0.282 e. The lowest BCUT2D eigenvalue weighted by Gasteiger charge is -2.30. The molecule has 9 heavy (non-hydrogen) atoms. The zero-order chi connectivity index (χ0) is 6.85. The molecule has 1 aliphatic heterocycles. The van der Waals surface area contributed by atoms with Gasteiger partial charge in [0.2, 0.25) is 0 Å². The first-order valence-corrected chi connectivity index (χ1v) is 3.45. The summed E-state index contributed by atoms with van der Waals surface area (Å²) in [6.45, 7) is 4.34. The first-order valence-electron chi connectivity index (χ1n) is 3.45. The molecule has 0 aromatic heterocycles. The Labute approximate surface area is 56.6 Å². The van der Waals surface area contributed by atoms with Crippen LogP contribution in [0.5, 0.6) is 0 Å². The quantitative estimate of drug-likeness (QED) is 0.475. The van der Waals surface area contributed by atoms with Crippen LogP contribution in [0.25, 0.3) is 0 Å². The molecule has 0 radical (unpaired) electrons. The van der Waals surface area contributed by atoms with Crippen molar-refractivity contribution in [3.63, 3.8) is 0 Å². The molecule has 2 atom stereocenters. The number of hydrogen-bond acceptors (Lipinski definition) is 2.